The molecular weight excluding hydrogens is 422 g/mol. The van der Waals surface area contributed by atoms with Gasteiger partial charge in [0.1, 0.15) is 0 Å². The van der Waals surface area contributed by atoms with E-state index in [9.17, 15) is 0 Å². The van der Waals surface area contributed by atoms with E-state index in [-0.39, 0.29) is 0 Å². The van der Waals surface area contributed by atoms with Crippen molar-refractivity contribution in [1.29, 1.82) is 0 Å². The van der Waals surface area contributed by atoms with E-state index < -0.39 is 0 Å². The lowest BCUT2D eigenvalue weighted by molar-refractivity contribution is 1.29. The highest BCUT2D eigenvalue weighted by atomic mass is 15.1. The van der Waals surface area contributed by atoms with Crippen LogP contribution in [-0.4, -0.2) is 0 Å². The molecule has 166 valence electrons. The Hall–Kier alpha value is -4.62. The quantitative estimate of drug-likeness (QED) is 0.254. The van der Waals surface area contributed by atoms with Crippen LogP contribution in [0, 0.1) is 0 Å². The molecule has 6 aromatic carbocycles. The van der Waals surface area contributed by atoms with E-state index in [2.05, 4.69) is 157 Å². The van der Waals surface area contributed by atoms with Crippen LogP contribution in [0.3, 0.4) is 0 Å². The van der Waals surface area contributed by atoms with E-state index in [1.54, 1.807) is 0 Å². The maximum Gasteiger partial charge on any atom is 0.0546 e. The summed E-state index contributed by atoms with van der Waals surface area (Å²) in [7, 11) is 0. The highest BCUT2D eigenvalue weighted by molar-refractivity contribution is 5.98. The van der Waals surface area contributed by atoms with Crippen molar-refractivity contribution >= 4 is 27.8 Å². The van der Waals surface area contributed by atoms with Crippen LogP contribution >= 0.6 is 0 Å². The zero-order valence-corrected chi connectivity index (χ0v) is 19.4. The second-order valence-electron chi connectivity index (χ2n) is 8.67. The summed E-state index contributed by atoms with van der Waals surface area (Å²) in [6, 6.07) is 53.9. The Bertz CT molecular complexity index is 1510. The topological polar surface area (TPSA) is 3.24 Å². The third kappa shape index (κ3) is 4.20. The van der Waals surface area contributed by atoms with Gasteiger partial charge in [0.15, 0.2) is 0 Å². The molecule has 35 heavy (non-hydrogen) atoms. The minimum absolute atomic E-state index is 1.14. The molecule has 0 radical (unpaired) electrons. The predicted molar refractivity (Wildman–Crippen MR) is 150 cm³/mol. The predicted octanol–water partition coefficient (Wildman–Crippen LogP) is 9.64. The smallest absolute Gasteiger partial charge is 0.0546 e. The average Bonchev–Trinajstić information content (AvgIpc) is 2.95. The highest BCUT2D eigenvalue weighted by Crippen LogP contribution is 2.42. The summed E-state index contributed by atoms with van der Waals surface area (Å²) in [4.78, 5) is 2.35. The third-order valence-corrected chi connectivity index (χ3v) is 6.44. The summed E-state index contributed by atoms with van der Waals surface area (Å²) in [5.41, 5.74) is 8.28. The SMILES string of the molecule is c1ccc(-c2ccc(-c3cc4ccccc4cc3N(c3ccccc3)c3ccccc3)cc2)cc1. The van der Waals surface area contributed by atoms with Gasteiger partial charge in [0, 0.05) is 16.9 Å². The fraction of sp³-hybridized carbons (Fsp3) is 0. The monoisotopic (exact) mass is 447 g/mol. The molecule has 0 atom stereocenters. The van der Waals surface area contributed by atoms with Gasteiger partial charge in [0.25, 0.3) is 0 Å². The van der Waals surface area contributed by atoms with Crippen LogP contribution in [0.25, 0.3) is 33.0 Å². The molecule has 0 bridgehead atoms. The van der Waals surface area contributed by atoms with Crippen LogP contribution < -0.4 is 4.90 Å². The summed E-state index contributed by atoms with van der Waals surface area (Å²) in [5.74, 6) is 0. The van der Waals surface area contributed by atoms with Crippen LogP contribution in [0.5, 0.6) is 0 Å². The molecule has 0 saturated carbocycles. The Morgan fingerprint density at radius 2 is 0.771 bits per heavy atom. The van der Waals surface area contributed by atoms with Gasteiger partial charge in [-0.05, 0) is 63.9 Å². The molecule has 0 saturated heterocycles. The van der Waals surface area contributed by atoms with Crippen molar-refractivity contribution in [2.75, 3.05) is 4.90 Å². The fourth-order valence-electron chi connectivity index (χ4n) is 4.70. The number of hydrogen-bond acceptors (Lipinski definition) is 1. The highest BCUT2D eigenvalue weighted by Gasteiger charge is 2.18. The van der Waals surface area contributed by atoms with Gasteiger partial charge < -0.3 is 4.90 Å². The molecular formula is C34H25N. The van der Waals surface area contributed by atoms with Crippen molar-refractivity contribution in [1.82, 2.24) is 0 Å². The number of hydrogen-bond donors (Lipinski definition) is 0. The molecule has 0 N–H and O–H groups in total. The van der Waals surface area contributed by atoms with E-state index in [4.69, 9.17) is 0 Å². The van der Waals surface area contributed by atoms with Crippen LogP contribution in [0.15, 0.2) is 152 Å². The first-order chi connectivity index (χ1) is 17.4. The third-order valence-electron chi connectivity index (χ3n) is 6.44. The molecule has 0 fully saturated rings. The first-order valence-corrected chi connectivity index (χ1v) is 12.0. The molecule has 0 aliphatic rings. The Kier molecular flexibility index (Phi) is 5.58. The van der Waals surface area contributed by atoms with Crippen molar-refractivity contribution in [2.24, 2.45) is 0 Å². The van der Waals surface area contributed by atoms with Crippen LogP contribution in [0.4, 0.5) is 17.1 Å². The lowest BCUT2D eigenvalue weighted by Gasteiger charge is -2.28. The molecule has 0 aromatic heterocycles. The van der Waals surface area contributed by atoms with Gasteiger partial charge in [0.05, 0.1) is 5.69 Å². The fourth-order valence-corrected chi connectivity index (χ4v) is 4.70. The summed E-state index contributed by atoms with van der Waals surface area (Å²) in [6.45, 7) is 0. The summed E-state index contributed by atoms with van der Waals surface area (Å²) in [6.07, 6.45) is 0. The molecule has 6 rings (SSSR count). The minimum atomic E-state index is 1.14. The molecule has 0 aliphatic carbocycles. The summed E-state index contributed by atoms with van der Waals surface area (Å²) in [5, 5.41) is 2.46. The Morgan fingerprint density at radius 1 is 0.343 bits per heavy atom. The van der Waals surface area contributed by atoms with Crippen molar-refractivity contribution in [3.8, 4) is 22.3 Å². The van der Waals surface area contributed by atoms with Crippen LogP contribution in [0.1, 0.15) is 0 Å². The number of benzene rings is 6. The van der Waals surface area contributed by atoms with Crippen LogP contribution in [-0.2, 0) is 0 Å². The van der Waals surface area contributed by atoms with Crippen molar-refractivity contribution in [3.05, 3.63) is 152 Å². The maximum absolute atomic E-state index is 2.35. The van der Waals surface area contributed by atoms with E-state index in [1.807, 2.05) is 0 Å². The second kappa shape index (κ2) is 9.32. The molecule has 0 unspecified atom stereocenters. The van der Waals surface area contributed by atoms with Crippen molar-refractivity contribution < 1.29 is 0 Å². The summed E-state index contributed by atoms with van der Waals surface area (Å²) < 4.78 is 0. The number of rotatable bonds is 5. The minimum Gasteiger partial charge on any atom is -0.310 e. The van der Waals surface area contributed by atoms with Gasteiger partial charge >= 0.3 is 0 Å². The van der Waals surface area contributed by atoms with E-state index >= 15 is 0 Å². The normalized spacial score (nSPS) is 10.9. The lowest BCUT2D eigenvalue weighted by atomic mass is 9.95. The van der Waals surface area contributed by atoms with Gasteiger partial charge in [-0.25, -0.2) is 0 Å². The van der Waals surface area contributed by atoms with Gasteiger partial charge in [-0.2, -0.15) is 0 Å². The Balaban J connectivity index is 1.56. The van der Waals surface area contributed by atoms with Gasteiger partial charge in [-0.3, -0.25) is 0 Å². The number of para-hydroxylation sites is 2. The zero-order valence-electron chi connectivity index (χ0n) is 19.4. The van der Waals surface area contributed by atoms with Gasteiger partial charge in [0.2, 0.25) is 0 Å². The van der Waals surface area contributed by atoms with Crippen molar-refractivity contribution in [3.63, 3.8) is 0 Å². The molecule has 0 aliphatic heterocycles. The number of fused-ring (bicyclic) bond motifs is 1. The largest absolute Gasteiger partial charge is 0.310 e. The van der Waals surface area contributed by atoms with Crippen LogP contribution in [0.2, 0.25) is 0 Å². The first kappa shape index (κ1) is 20.9. The van der Waals surface area contributed by atoms with Gasteiger partial charge in [-0.15, -0.1) is 0 Å². The number of anilines is 3. The van der Waals surface area contributed by atoms with E-state index in [0.29, 0.717) is 0 Å². The van der Waals surface area contributed by atoms with E-state index in [0.717, 1.165) is 17.1 Å². The maximum atomic E-state index is 2.35. The molecule has 0 amide bonds. The van der Waals surface area contributed by atoms with Gasteiger partial charge in [-0.1, -0.05) is 115 Å². The lowest BCUT2D eigenvalue weighted by Crippen LogP contribution is -2.11. The molecule has 1 nitrogen and oxygen atoms in total. The average molecular weight is 448 g/mol. The van der Waals surface area contributed by atoms with E-state index in [1.165, 1.54) is 33.0 Å². The second-order valence-corrected chi connectivity index (χ2v) is 8.67. The van der Waals surface area contributed by atoms with Crippen molar-refractivity contribution in [2.45, 2.75) is 0 Å². The molecule has 0 heterocycles. The Labute approximate surface area is 206 Å². The standard InChI is InChI=1S/C34H25N/c1-4-12-26(13-5-1)27-20-22-28(23-21-27)33-24-29-14-10-11-15-30(29)25-34(33)35(31-16-6-2-7-17-31)32-18-8-3-9-19-32/h1-25H. The first-order valence-electron chi connectivity index (χ1n) is 12.0. The molecule has 6 aromatic rings. The molecule has 1 heteroatoms. The Morgan fingerprint density at radius 3 is 1.34 bits per heavy atom. The zero-order chi connectivity index (χ0) is 23.5. The summed E-state index contributed by atoms with van der Waals surface area (Å²) >= 11 is 0. The number of nitrogens with zero attached hydrogens (tertiary/aromatic N) is 1. The molecule has 0 spiro atoms.